The molecule has 0 atom stereocenters. The zero-order valence-corrected chi connectivity index (χ0v) is 24.2. The van der Waals surface area contributed by atoms with Crippen molar-refractivity contribution in [3.63, 3.8) is 0 Å². The Balaban J connectivity index is 1.63. The van der Waals surface area contributed by atoms with E-state index in [1.165, 1.54) is 0 Å². The van der Waals surface area contributed by atoms with Crippen LogP contribution in [-0.4, -0.2) is 25.9 Å². The molecule has 14 heteroatoms. The maximum absolute atomic E-state index is 12.3. The van der Waals surface area contributed by atoms with Gasteiger partial charge in [-0.05, 0) is 47.2 Å². The van der Waals surface area contributed by atoms with Crippen molar-refractivity contribution in [2.45, 2.75) is 9.79 Å². The molecule has 0 aliphatic rings. The Morgan fingerprint density at radius 1 is 0.477 bits per heavy atom. The Hall–Kier alpha value is -5.28. The van der Waals surface area contributed by atoms with Gasteiger partial charge in [0.05, 0.1) is 32.5 Å². The molecule has 44 heavy (non-hydrogen) atoms. The first-order valence-corrected chi connectivity index (χ1v) is 15.7. The van der Waals surface area contributed by atoms with Gasteiger partial charge in [-0.15, -0.1) is 20.5 Å². The molecule has 6 aromatic carbocycles. The van der Waals surface area contributed by atoms with Crippen LogP contribution in [0, 0.1) is 0 Å². The Bertz CT molecular complexity index is 2260. The van der Waals surface area contributed by atoms with Gasteiger partial charge in [0.25, 0.3) is 20.2 Å². The molecule has 6 N–H and O–H groups in total. The number of benzene rings is 6. The van der Waals surface area contributed by atoms with Crippen molar-refractivity contribution < 1.29 is 25.9 Å². The van der Waals surface area contributed by atoms with Gasteiger partial charge in [-0.2, -0.15) is 16.8 Å². The Morgan fingerprint density at radius 3 is 1.25 bits per heavy atom. The van der Waals surface area contributed by atoms with Crippen LogP contribution in [0.4, 0.5) is 34.1 Å². The molecule has 0 saturated heterocycles. The van der Waals surface area contributed by atoms with Gasteiger partial charge in [-0.1, -0.05) is 60.7 Å². The van der Waals surface area contributed by atoms with Crippen LogP contribution in [0.25, 0.3) is 32.3 Å². The van der Waals surface area contributed by atoms with Gasteiger partial charge in [-0.3, -0.25) is 9.11 Å². The van der Waals surface area contributed by atoms with E-state index in [1.54, 1.807) is 48.5 Å². The van der Waals surface area contributed by atoms with Gasteiger partial charge in [0.2, 0.25) is 0 Å². The number of nitrogens with zero attached hydrogens (tertiary/aromatic N) is 4. The predicted octanol–water partition coefficient (Wildman–Crippen LogP) is 7.63. The Labute approximate surface area is 250 Å². The largest absolute Gasteiger partial charge is 0.397 e. The van der Waals surface area contributed by atoms with E-state index < -0.39 is 30.0 Å². The summed E-state index contributed by atoms with van der Waals surface area (Å²) in [5.41, 5.74) is 13.2. The normalized spacial score (nSPS) is 12.7. The first-order chi connectivity index (χ1) is 20.9. The molecule has 6 rings (SSSR count). The summed E-state index contributed by atoms with van der Waals surface area (Å²) in [4.78, 5) is -1.13. The monoisotopic (exact) mass is 626 g/mol. The van der Waals surface area contributed by atoms with E-state index in [-0.39, 0.29) is 44.9 Å². The number of hydrogen-bond acceptors (Lipinski definition) is 10. The van der Waals surface area contributed by atoms with Crippen LogP contribution in [0.2, 0.25) is 0 Å². The maximum atomic E-state index is 12.3. The van der Waals surface area contributed by atoms with Crippen molar-refractivity contribution in [2.24, 2.45) is 20.5 Å². The second-order valence-electron chi connectivity index (χ2n) is 9.78. The lowest BCUT2D eigenvalue weighted by molar-refractivity contribution is 0.481. The summed E-state index contributed by atoms with van der Waals surface area (Å²) in [6.07, 6.45) is 0. The molecular formula is C30H22N6O6S2. The van der Waals surface area contributed by atoms with Gasteiger partial charge >= 0.3 is 0 Å². The second kappa shape index (κ2) is 10.8. The molecule has 0 saturated carbocycles. The molecular weight excluding hydrogens is 605 g/mol. The van der Waals surface area contributed by atoms with Crippen molar-refractivity contribution >= 4 is 86.7 Å². The van der Waals surface area contributed by atoms with E-state index in [9.17, 15) is 25.9 Å². The zero-order chi connectivity index (χ0) is 31.2. The fraction of sp³-hybridized carbons (Fsp3) is 0. The molecule has 0 amide bonds. The van der Waals surface area contributed by atoms with Gasteiger partial charge in [0.15, 0.2) is 0 Å². The summed E-state index contributed by atoms with van der Waals surface area (Å²) in [5.74, 6) is 0. The third kappa shape index (κ3) is 5.45. The highest BCUT2D eigenvalue weighted by atomic mass is 32.2. The highest BCUT2D eigenvalue weighted by Crippen LogP contribution is 2.41. The lowest BCUT2D eigenvalue weighted by atomic mass is 10.1. The predicted molar refractivity (Wildman–Crippen MR) is 169 cm³/mol. The van der Waals surface area contributed by atoms with E-state index in [1.807, 2.05) is 24.3 Å². The van der Waals surface area contributed by atoms with Crippen LogP contribution in [0.1, 0.15) is 0 Å². The smallest absolute Gasteiger partial charge is 0.294 e. The number of rotatable bonds is 6. The average Bonchev–Trinajstić information content (AvgIpc) is 2.98. The average molecular weight is 627 g/mol. The summed E-state index contributed by atoms with van der Waals surface area (Å²) < 4.78 is 69.1. The minimum absolute atomic E-state index is 0.0370. The number of anilines is 2. The Morgan fingerprint density at radius 2 is 0.864 bits per heavy atom. The van der Waals surface area contributed by atoms with Crippen molar-refractivity contribution in [2.75, 3.05) is 11.5 Å². The van der Waals surface area contributed by atoms with Crippen molar-refractivity contribution in [3.05, 3.63) is 97.1 Å². The summed E-state index contributed by atoms with van der Waals surface area (Å²) in [7, 11) is -9.57. The summed E-state index contributed by atoms with van der Waals surface area (Å²) in [6, 6.07) is 25.6. The number of nitrogens with two attached hydrogens (primary N) is 2. The van der Waals surface area contributed by atoms with Gasteiger partial charge < -0.3 is 11.5 Å². The SMILES string of the molecule is Nc1ccc2ccccc2c1N=Nc1cc(S(=O)(=O)O)cc2c(N=Nc3c(N)ccc4ccccc34)cc(S(=O)(=O)O)cc12. The van der Waals surface area contributed by atoms with Crippen LogP contribution in [-0.2, 0) is 20.2 Å². The molecule has 6 aromatic rings. The maximum Gasteiger partial charge on any atom is 0.294 e. The Kier molecular flexibility index (Phi) is 7.05. The first-order valence-electron chi connectivity index (χ1n) is 12.8. The van der Waals surface area contributed by atoms with E-state index in [0.717, 1.165) is 35.0 Å². The van der Waals surface area contributed by atoms with E-state index >= 15 is 0 Å². The minimum Gasteiger partial charge on any atom is -0.397 e. The lowest BCUT2D eigenvalue weighted by Gasteiger charge is -2.10. The minimum atomic E-state index is -4.79. The number of fused-ring (bicyclic) bond motifs is 3. The fourth-order valence-electron chi connectivity index (χ4n) is 4.81. The van der Waals surface area contributed by atoms with Crippen molar-refractivity contribution in [1.29, 1.82) is 0 Å². The molecule has 0 aliphatic carbocycles. The number of hydrogen-bond donors (Lipinski definition) is 4. The standard InChI is InChI=1S/C30H22N6O6S2/c31-25-11-9-17-5-1-3-7-21(17)29(25)35-33-27-15-19(43(37,38)39)14-24-23(27)13-20(44(40,41)42)16-28(24)34-36-30-22-8-4-2-6-18(22)10-12-26(30)32/h1-16H,31-32H2,(H,37,38,39)(H,40,41,42). The molecule has 0 unspecified atom stereocenters. The number of azo groups is 2. The molecule has 0 aromatic heterocycles. The van der Waals surface area contributed by atoms with Crippen LogP contribution in [0.3, 0.4) is 0 Å². The summed E-state index contributed by atoms with van der Waals surface area (Å²) in [5, 5.41) is 20.0. The third-order valence-corrected chi connectivity index (χ3v) is 8.61. The van der Waals surface area contributed by atoms with E-state index in [2.05, 4.69) is 20.5 Å². The van der Waals surface area contributed by atoms with Crippen molar-refractivity contribution in [3.8, 4) is 0 Å². The number of nitrogen functional groups attached to an aromatic ring is 2. The van der Waals surface area contributed by atoms with Gasteiger partial charge in [0, 0.05) is 21.5 Å². The molecule has 0 aliphatic heterocycles. The van der Waals surface area contributed by atoms with Gasteiger partial charge in [-0.25, -0.2) is 0 Å². The third-order valence-electron chi connectivity index (χ3n) is 6.95. The topological polar surface area (TPSA) is 210 Å². The molecule has 0 heterocycles. The van der Waals surface area contributed by atoms with Crippen molar-refractivity contribution in [1.82, 2.24) is 0 Å². The summed E-state index contributed by atoms with van der Waals surface area (Å²) in [6.45, 7) is 0. The second-order valence-corrected chi connectivity index (χ2v) is 12.6. The lowest BCUT2D eigenvalue weighted by Crippen LogP contribution is -2.00. The highest BCUT2D eigenvalue weighted by molar-refractivity contribution is 7.86. The van der Waals surface area contributed by atoms with E-state index in [0.29, 0.717) is 10.8 Å². The molecule has 220 valence electrons. The summed E-state index contributed by atoms with van der Waals surface area (Å²) >= 11 is 0. The first kappa shape index (κ1) is 28.8. The van der Waals surface area contributed by atoms with Crippen LogP contribution >= 0.6 is 0 Å². The molecule has 0 spiro atoms. The van der Waals surface area contributed by atoms with Crippen LogP contribution in [0.15, 0.2) is 127 Å². The van der Waals surface area contributed by atoms with Crippen LogP contribution < -0.4 is 11.5 Å². The quantitative estimate of drug-likeness (QED) is 0.0817. The molecule has 0 fully saturated rings. The zero-order valence-electron chi connectivity index (χ0n) is 22.5. The van der Waals surface area contributed by atoms with Gasteiger partial charge in [0.1, 0.15) is 11.4 Å². The molecule has 0 radical (unpaired) electrons. The molecule has 12 nitrogen and oxygen atoms in total. The van der Waals surface area contributed by atoms with Crippen LogP contribution in [0.5, 0.6) is 0 Å². The molecule has 0 bridgehead atoms. The van der Waals surface area contributed by atoms with E-state index in [4.69, 9.17) is 11.5 Å². The fourth-order valence-corrected chi connectivity index (χ4v) is 5.87. The highest BCUT2D eigenvalue weighted by Gasteiger charge is 2.20.